The molecule has 0 spiro atoms. The fourth-order valence-corrected chi connectivity index (χ4v) is 2.39. The quantitative estimate of drug-likeness (QED) is 0.750. The molecule has 6 nitrogen and oxygen atoms in total. The van der Waals surface area contributed by atoms with Crippen molar-refractivity contribution in [1.82, 2.24) is 9.80 Å². The maximum absolute atomic E-state index is 12.6. The van der Waals surface area contributed by atoms with Gasteiger partial charge in [-0.1, -0.05) is 5.92 Å². The molecule has 1 unspecified atom stereocenters. The number of carbonyl (C=O) groups excluding carboxylic acids is 1. The third-order valence-corrected chi connectivity index (χ3v) is 3.61. The summed E-state index contributed by atoms with van der Waals surface area (Å²) in [4.78, 5) is 26.7. The van der Waals surface area contributed by atoms with Gasteiger partial charge < -0.3 is 19.6 Å². The Labute approximate surface area is 118 Å². The molecule has 2 fully saturated rings. The molecular formula is C14H20N2O4. The largest absolute Gasteiger partial charge is 0.481 e. The second kappa shape index (κ2) is 6.62. The Balaban J connectivity index is 2.01. The minimum atomic E-state index is -0.927. The van der Waals surface area contributed by atoms with Gasteiger partial charge in [-0.15, -0.1) is 6.42 Å². The van der Waals surface area contributed by atoms with E-state index in [1.165, 1.54) is 0 Å². The minimum absolute atomic E-state index is 0.0982. The van der Waals surface area contributed by atoms with Crippen LogP contribution in [-0.4, -0.2) is 65.8 Å². The van der Waals surface area contributed by atoms with E-state index in [0.29, 0.717) is 25.6 Å². The Hall–Kier alpha value is -1.74. The lowest BCUT2D eigenvalue weighted by Gasteiger charge is -2.38. The summed E-state index contributed by atoms with van der Waals surface area (Å²) in [5.41, 5.74) is 0. The molecule has 1 atom stereocenters. The van der Waals surface area contributed by atoms with Crippen LogP contribution < -0.4 is 0 Å². The van der Waals surface area contributed by atoms with Crippen LogP contribution in [0.1, 0.15) is 19.3 Å². The van der Waals surface area contributed by atoms with Crippen LogP contribution in [0.4, 0.5) is 4.79 Å². The van der Waals surface area contributed by atoms with Crippen molar-refractivity contribution in [2.75, 3.05) is 32.8 Å². The smallest absolute Gasteiger partial charge is 0.321 e. The maximum atomic E-state index is 12.6. The van der Waals surface area contributed by atoms with Crippen molar-refractivity contribution in [3.8, 4) is 12.3 Å². The van der Waals surface area contributed by atoms with E-state index in [1.54, 1.807) is 9.80 Å². The first-order valence-electron chi connectivity index (χ1n) is 6.90. The normalized spacial score (nSPS) is 22.1. The lowest BCUT2D eigenvalue weighted by atomic mass is 10.1. The van der Waals surface area contributed by atoms with E-state index in [4.69, 9.17) is 16.3 Å². The Morgan fingerprint density at radius 1 is 1.45 bits per heavy atom. The van der Waals surface area contributed by atoms with E-state index >= 15 is 0 Å². The molecule has 1 N–H and O–H groups in total. The number of carboxylic acid groups (broad SMARTS) is 1. The molecule has 1 saturated heterocycles. The molecule has 0 aromatic rings. The molecule has 0 aromatic heterocycles. The summed E-state index contributed by atoms with van der Waals surface area (Å²) in [6.45, 7) is 2.07. The molecule has 1 heterocycles. The number of hydrogen-bond acceptors (Lipinski definition) is 3. The molecule has 1 saturated carbocycles. The lowest BCUT2D eigenvalue weighted by molar-refractivity contribution is -0.139. The Bertz CT molecular complexity index is 414. The molecule has 20 heavy (non-hydrogen) atoms. The number of nitrogens with zero attached hydrogens (tertiary/aromatic N) is 2. The van der Waals surface area contributed by atoms with Gasteiger partial charge in [-0.05, 0) is 18.8 Å². The van der Waals surface area contributed by atoms with Crippen molar-refractivity contribution in [3.63, 3.8) is 0 Å². The van der Waals surface area contributed by atoms with Crippen LogP contribution in [0, 0.1) is 18.3 Å². The van der Waals surface area contributed by atoms with Gasteiger partial charge >= 0.3 is 12.0 Å². The predicted octanol–water partition coefficient (Wildman–Crippen LogP) is 0.627. The number of carboxylic acids is 1. The second-order valence-corrected chi connectivity index (χ2v) is 5.33. The van der Waals surface area contributed by atoms with Crippen molar-refractivity contribution < 1.29 is 19.4 Å². The zero-order chi connectivity index (χ0) is 14.5. The Morgan fingerprint density at radius 2 is 2.20 bits per heavy atom. The summed E-state index contributed by atoms with van der Waals surface area (Å²) in [5, 5.41) is 8.92. The number of carbonyl (C=O) groups is 2. The van der Waals surface area contributed by atoms with E-state index in [0.717, 1.165) is 12.8 Å². The number of ether oxygens (including phenoxy) is 1. The number of amides is 2. The Kier molecular flexibility index (Phi) is 4.85. The number of terminal acetylenes is 1. The number of rotatable bonds is 5. The van der Waals surface area contributed by atoms with Gasteiger partial charge in [0.25, 0.3) is 0 Å². The molecule has 0 aromatic carbocycles. The standard InChI is InChI=1S/C14H20N2O4/c1-2-5-15(9-11-3-4-11)14(19)16-6-7-20-10-12(16)8-13(17)18/h1,11-12H,3-10H2,(H,17,18). The summed E-state index contributed by atoms with van der Waals surface area (Å²) < 4.78 is 5.28. The summed E-state index contributed by atoms with van der Waals surface area (Å²) in [6, 6.07) is -0.572. The average molecular weight is 280 g/mol. The average Bonchev–Trinajstić information content (AvgIpc) is 3.21. The lowest BCUT2D eigenvalue weighted by Crippen LogP contribution is -2.54. The highest BCUT2D eigenvalue weighted by atomic mass is 16.5. The van der Waals surface area contributed by atoms with Gasteiger partial charge in [-0.2, -0.15) is 0 Å². The van der Waals surface area contributed by atoms with Crippen molar-refractivity contribution >= 4 is 12.0 Å². The zero-order valence-corrected chi connectivity index (χ0v) is 11.5. The van der Waals surface area contributed by atoms with Gasteiger partial charge in [0.05, 0.1) is 32.2 Å². The van der Waals surface area contributed by atoms with Crippen molar-refractivity contribution in [2.45, 2.75) is 25.3 Å². The first kappa shape index (κ1) is 14.7. The summed E-state index contributed by atoms with van der Waals surface area (Å²) in [6.07, 6.45) is 7.50. The van der Waals surface area contributed by atoms with E-state index < -0.39 is 12.0 Å². The monoisotopic (exact) mass is 280 g/mol. The molecule has 6 heteroatoms. The van der Waals surface area contributed by atoms with Gasteiger partial charge in [0, 0.05) is 13.1 Å². The molecule has 1 aliphatic heterocycles. The van der Waals surface area contributed by atoms with E-state index in [1.807, 2.05) is 0 Å². The van der Waals surface area contributed by atoms with Gasteiger partial charge in [0.2, 0.25) is 0 Å². The fraction of sp³-hybridized carbons (Fsp3) is 0.714. The van der Waals surface area contributed by atoms with Gasteiger partial charge in [-0.25, -0.2) is 4.79 Å². The highest BCUT2D eigenvalue weighted by molar-refractivity contribution is 5.76. The van der Waals surface area contributed by atoms with E-state index in [-0.39, 0.29) is 25.6 Å². The summed E-state index contributed by atoms with van der Waals surface area (Å²) in [5.74, 6) is 2.13. The fourth-order valence-electron chi connectivity index (χ4n) is 2.39. The van der Waals surface area contributed by atoms with E-state index in [2.05, 4.69) is 5.92 Å². The molecule has 0 bridgehead atoms. The molecular weight excluding hydrogens is 260 g/mol. The third kappa shape index (κ3) is 3.87. The zero-order valence-electron chi connectivity index (χ0n) is 11.5. The highest BCUT2D eigenvalue weighted by Crippen LogP contribution is 2.30. The first-order chi connectivity index (χ1) is 9.61. The minimum Gasteiger partial charge on any atom is -0.481 e. The van der Waals surface area contributed by atoms with Crippen LogP contribution in [0.25, 0.3) is 0 Å². The summed E-state index contributed by atoms with van der Waals surface area (Å²) in [7, 11) is 0. The number of urea groups is 1. The van der Waals surface area contributed by atoms with Crippen molar-refractivity contribution in [1.29, 1.82) is 0 Å². The van der Waals surface area contributed by atoms with E-state index in [9.17, 15) is 9.59 Å². The molecule has 2 rings (SSSR count). The first-order valence-corrected chi connectivity index (χ1v) is 6.90. The second-order valence-electron chi connectivity index (χ2n) is 5.33. The topological polar surface area (TPSA) is 70.1 Å². The summed E-state index contributed by atoms with van der Waals surface area (Å²) >= 11 is 0. The molecule has 1 aliphatic carbocycles. The predicted molar refractivity (Wildman–Crippen MR) is 72.1 cm³/mol. The van der Waals surface area contributed by atoms with Crippen LogP contribution in [0.5, 0.6) is 0 Å². The van der Waals surface area contributed by atoms with Crippen LogP contribution in [0.3, 0.4) is 0 Å². The van der Waals surface area contributed by atoms with Crippen molar-refractivity contribution in [3.05, 3.63) is 0 Å². The highest BCUT2D eigenvalue weighted by Gasteiger charge is 2.34. The SMILES string of the molecule is C#CCN(CC1CC1)C(=O)N1CCOCC1CC(=O)O. The van der Waals surface area contributed by atoms with Gasteiger partial charge in [0.1, 0.15) is 0 Å². The Morgan fingerprint density at radius 3 is 2.80 bits per heavy atom. The van der Waals surface area contributed by atoms with Crippen LogP contribution in [0.15, 0.2) is 0 Å². The molecule has 0 radical (unpaired) electrons. The van der Waals surface area contributed by atoms with Gasteiger partial charge in [0.15, 0.2) is 0 Å². The number of hydrogen-bond donors (Lipinski definition) is 1. The van der Waals surface area contributed by atoms with Gasteiger partial charge in [-0.3, -0.25) is 4.79 Å². The molecule has 2 amide bonds. The van der Waals surface area contributed by atoms with Crippen LogP contribution >= 0.6 is 0 Å². The number of morpholine rings is 1. The number of aliphatic carboxylic acids is 1. The van der Waals surface area contributed by atoms with Crippen molar-refractivity contribution in [2.24, 2.45) is 5.92 Å². The third-order valence-electron chi connectivity index (χ3n) is 3.61. The van der Waals surface area contributed by atoms with Crippen LogP contribution in [-0.2, 0) is 9.53 Å². The maximum Gasteiger partial charge on any atom is 0.321 e. The molecule has 110 valence electrons. The van der Waals surface area contributed by atoms with Crippen LogP contribution in [0.2, 0.25) is 0 Å². The molecule has 2 aliphatic rings.